The van der Waals surface area contributed by atoms with Gasteiger partial charge >= 0.3 is 0 Å². The van der Waals surface area contributed by atoms with Crippen LogP contribution in [0.3, 0.4) is 0 Å². The third-order valence-electron chi connectivity index (χ3n) is 2.85. The quantitative estimate of drug-likeness (QED) is 0.656. The average molecular weight is 324 g/mol. The van der Waals surface area contributed by atoms with Crippen molar-refractivity contribution in [3.8, 4) is 0 Å². The fourth-order valence-corrected chi connectivity index (χ4v) is 5.10. The first-order chi connectivity index (χ1) is 6.12. The van der Waals surface area contributed by atoms with Crippen LogP contribution in [0.2, 0.25) is 0 Å². The molecule has 1 aromatic rings. The van der Waals surface area contributed by atoms with E-state index in [1.807, 2.05) is 11.3 Å². The Morgan fingerprint density at radius 3 is 2.85 bits per heavy atom. The molecule has 0 N–H and O–H groups in total. The molecule has 1 aliphatic carbocycles. The van der Waals surface area contributed by atoms with Crippen molar-refractivity contribution in [1.82, 2.24) is 0 Å². The summed E-state index contributed by atoms with van der Waals surface area (Å²) in [6.45, 7) is 2.38. The van der Waals surface area contributed by atoms with Crippen molar-refractivity contribution in [1.29, 1.82) is 0 Å². The largest absolute Gasteiger partial charge is 0.147 e. The normalized spacial score (nSPS) is 33.9. The first-order valence-electron chi connectivity index (χ1n) is 4.49. The van der Waals surface area contributed by atoms with Crippen LogP contribution in [-0.4, -0.2) is 4.83 Å². The Labute approximate surface area is 100.0 Å². The molecule has 2 atom stereocenters. The molecule has 13 heavy (non-hydrogen) atoms. The Morgan fingerprint density at radius 1 is 1.62 bits per heavy atom. The molecule has 1 saturated carbocycles. The Bertz CT molecular complexity index is 308. The molecule has 1 fully saturated rings. The van der Waals surface area contributed by atoms with Crippen LogP contribution in [-0.2, 0) is 5.41 Å². The summed E-state index contributed by atoms with van der Waals surface area (Å²) in [6, 6.07) is 2.16. The van der Waals surface area contributed by atoms with Crippen molar-refractivity contribution in [3.05, 3.63) is 20.8 Å². The van der Waals surface area contributed by atoms with Gasteiger partial charge in [-0.1, -0.05) is 22.9 Å². The average Bonchev–Trinajstić information content (AvgIpc) is 2.59. The molecule has 72 valence electrons. The lowest BCUT2D eigenvalue weighted by Gasteiger charge is -2.22. The van der Waals surface area contributed by atoms with Crippen LogP contribution in [0.15, 0.2) is 15.9 Å². The van der Waals surface area contributed by atoms with E-state index < -0.39 is 0 Å². The number of rotatable bonds is 1. The maximum Gasteiger partial charge on any atom is 0.0320 e. The molecular weight excluding hydrogens is 312 g/mol. The van der Waals surface area contributed by atoms with Crippen LogP contribution in [0.5, 0.6) is 0 Å². The molecule has 1 aromatic heterocycles. The second-order valence-electron chi connectivity index (χ2n) is 4.00. The van der Waals surface area contributed by atoms with Crippen molar-refractivity contribution in [3.63, 3.8) is 0 Å². The predicted octanol–water partition coefficient (Wildman–Crippen LogP) is 4.72. The second kappa shape index (κ2) is 3.67. The van der Waals surface area contributed by atoms with E-state index in [2.05, 4.69) is 50.2 Å². The Hall–Kier alpha value is 0.660. The number of thiophene rings is 1. The van der Waals surface area contributed by atoms with E-state index in [9.17, 15) is 0 Å². The van der Waals surface area contributed by atoms with Gasteiger partial charge in [0.1, 0.15) is 0 Å². The van der Waals surface area contributed by atoms with Crippen molar-refractivity contribution in [2.45, 2.75) is 36.4 Å². The van der Waals surface area contributed by atoms with Gasteiger partial charge < -0.3 is 0 Å². The smallest absolute Gasteiger partial charge is 0.0320 e. The molecule has 0 spiro atoms. The SMILES string of the molecule is CC1(c2sccc2Br)CCC(Br)C1. The summed E-state index contributed by atoms with van der Waals surface area (Å²) in [4.78, 5) is 2.24. The lowest BCUT2D eigenvalue weighted by molar-refractivity contribution is 0.502. The van der Waals surface area contributed by atoms with Crippen molar-refractivity contribution >= 4 is 43.2 Å². The maximum absolute atomic E-state index is 3.71. The first-order valence-corrected chi connectivity index (χ1v) is 7.08. The molecule has 0 saturated heterocycles. The van der Waals surface area contributed by atoms with Gasteiger partial charge in [0.15, 0.2) is 0 Å². The highest BCUT2D eigenvalue weighted by molar-refractivity contribution is 9.10. The molecule has 0 radical (unpaired) electrons. The first kappa shape index (κ1) is 10.2. The van der Waals surface area contributed by atoms with Gasteiger partial charge in [0.05, 0.1) is 0 Å². The van der Waals surface area contributed by atoms with Crippen molar-refractivity contribution < 1.29 is 0 Å². The summed E-state index contributed by atoms with van der Waals surface area (Å²) in [7, 11) is 0. The summed E-state index contributed by atoms with van der Waals surface area (Å²) in [5.41, 5.74) is 0.404. The van der Waals surface area contributed by atoms with Gasteiger partial charge in [-0.25, -0.2) is 0 Å². The molecule has 0 bridgehead atoms. The second-order valence-corrected chi connectivity index (χ2v) is 7.06. The van der Waals surface area contributed by atoms with E-state index in [4.69, 9.17) is 0 Å². The van der Waals surface area contributed by atoms with Crippen molar-refractivity contribution in [2.75, 3.05) is 0 Å². The minimum absolute atomic E-state index is 0.404. The molecule has 2 unspecified atom stereocenters. The zero-order chi connectivity index (χ0) is 9.47. The molecule has 1 heterocycles. The minimum atomic E-state index is 0.404. The summed E-state index contributed by atoms with van der Waals surface area (Å²) < 4.78 is 1.29. The molecular formula is C10H12Br2S. The third kappa shape index (κ3) is 1.88. The Balaban J connectivity index is 2.30. The highest BCUT2D eigenvalue weighted by atomic mass is 79.9. The Morgan fingerprint density at radius 2 is 2.38 bits per heavy atom. The maximum atomic E-state index is 3.71. The van der Waals surface area contributed by atoms with Gasteiger partial charge in [0.2, 0.25) is 0 Å². The number of hydrogen-bond acceptors (Lipinski definition) is 1. The van der Waals surface area contributed by atoms with E-state index in [0.29, 0.717) is 10.2 Å². The van der Waals surface area contributed by atoms with Crippen LogP contribution < -0.4 is 0 Å². The van der Waals surface area contributed by atoms with Gasteiger partial charge in [0, 0.05) is 19.6 Å². The lowest BCUT2D eigenvalue weighted by atomic mass is 9.87. The summed E-state index contributed by atoms with van der Waals surface area (Å²) in [5.74, 6) is 0. The molecule has 0 nitrogen and oxygen atoms in total. The van der Waals surface area contributed by atoms with Gasteiger partial charge in [-0.05, 0) is 46.6 Å². The van der Waals surface area contributed by atoms with E-state index >= 15 is 0 Å². The standard InChI is InChI=1S/C10H12Br2S/c1-10(4-2-7(11)6-10)9-8(12)3-5-13-9/h3,5,7H,2,4,6H2,1H3. The van der Waals surface area contributed by atoms with Gasteiger partial charge in [-0.3, -0.25) is 0 Å². The minimum Gasteiger partial charge on any atom is -0.147 e. The topological polar surface area (TPSA) is 0 Å². The monoisotopic (exact) mass is 322 g/mol. The highest BCUT2D eigenvalue weighted by Crippen LogP contribution is 2.47. The summed E-state index contributed by atoms with van der Waals surface area (Å²) in [5, 5.41) is 2.17. The van der Waals surface area contributed by atoms with Gasteiger partial charge in [-0.15, -0.1) is 11.3 Å². The van der Waals surface area contributed by atoms with Crippen molar-refractivity contribution in [2.24, 2.45) is 0 Å². The molecule has 0 aromatic carbocycles. The predicted molar refractivity (Wildman–Crippen MR) is 65.9 cm³/mol. The fourth-order valence-electron chi connectivity index (χ4n) is 2.10. The zero-order valence-corrected chi connectivity index (χ0v) is 11.5. The lowest BCUT2D eigenvalue weighted by Crippen LogP contribution is -2.16. The number of halogens is 2. The molecule has 2 rings (SSSR count). The molecule has 3 heteroatoms. The zero-order valence-electron chi connectivity index (χ0n) is 7.52. The van der Waals surface area contributed by atoms with Crippen LogP contribution >= 0.6 is 43.2 Å². The fraction of sp³-hybridized carbons (Fsp3) is 0.600. The Kier molecular flexibility index (Phi) is 2.87. The van der Waals surface area contributed by atoms with Crippen LogP contribution in [0.1, 0.15) is 31.1 Å². The van der Waals surface area contributed by atoms with Gasteiger partial charge in [-0.2, -0.15) is 0 Å². The van der Waals surface area contributed by atoms with E-state index in [0.717, 1.165) is 0 Å². The van der Waals surface area contributed by atoms with E-state index in [1.54, 1.807) is 0 Å². The summed E-state index contributed by atoms with van der Waals surface area (Å²) >= 11 is 9.22. The van der Waals surface area contributed by atoms with Crippen LogP contribution in [0.4, 0.5) is 0 Å². The molecule has 1 aliphatic rings. The van der Waals surface area contributed by atoms with Crippen LogP contribution in [0, 0.1) is 0 Å². The van der Waals surface area contributed by atoms with Crippen LogP contribution in [0.25, 0.3) is 0 Å². The van der Waals surface area contributed by atoms with Gasteiger partial charge in [0.25, 0.3) is 0 Å². The molecule has 0 aliphatic heterocycles. The number of alkyl halides is 1. The molecule has 0 amide bonds. The third-order valence-corrected chi connectivity index (χ3v) is 5.77. The number of hydrogen-bond donors (Lipinski definition) is 0. The summed E-state index contributed by atoms with van der Waals surface area (Å²) in [6.07, 6.45) is 3.88. The van der Waals surface area contributed by atoms with E-state index in [1.165, 1.54) is 28.6 Å². The van der Waals surface area contributed by atoms with E-state index in [-0.39, 0.29) is 0 Å². The highest BCUT2D eigenvalue weighted by Gasteiger charge is 2.37.